The second-order valence-electron chi connectivity index (χ2n) is 4.38. The molecule has 0 spiro atoms. The zero-order valence-corrected chi connectivity index (χ0v) is 11.9. The summed E-state index contributed by atoms with van der Waals surface area (Å²) in [4.78, 5) is 12.6. The minimum atomic E-state index is 0.503. The summed E-state index contributed by atoms with van der Waals surface area (Å²) < 4.78 is 1.68. The molecule has 0 aliphatic heterocycles. The highest BCUT2D eigenvalue weighted by molar-refractivity contribution is 6.30. The lowest BCUT2D eigenvalue weighted by atomic mass is 10.2. The molecular weight excluding hydrogens is 286 g/mol. The van der Waals surface area contributed by atoms with Crippen LogP contribution in [0.2, 0.25) is 5.02 Å². The maximum atomic E-state index is 5.86. The summed E-state index contributed by atoms with van der Waals surface area (Å²) in [5, 5.41) is 4.76. The molecule has 0 amide bonds. The van der Waals surface area contributed by atoms with Crippen molar-refractivity contribution in [2.75, 3.05) is 0 Å². The first-order chi connectivity index (χ1) is 10.3. The molecule has 0 fully saturated rings. The molecule has 104 valence electrons. The van der Waals surface area contributed by atoms with Gasteiger partial charge in [0.05, 0.1) is 5.69 Å². The Morgan fingerprint density at radius 3 is 2.71 bits per heavy atom. The van der Waals surface area contributed by atoms with E-state index < -0.39 is 0 Å². The van der Waals surface area contributed by atoms with Gasteiger partial charge in [-0.15, -0.1) is 0 Å². The van der Waals surface area contributed by atoms with E-state index in [0.29, 0.717) is 12.4 Å². The maximum Gasteiger partial charge on any atom is 0.150 e. The van der Waals surface area contributed by atoms with Gasteiger partial charge in [-0.25, -0.2) is 19.6 Å². The Labute approximate surface area is 127 Å². The third kappa shape index (κ3) is 3.73. The lowest BCUT2D eigenvalue weighted by Gasteiger charge is -2.00. The molecule has 2 heterocycles. The van der Waals surface area contributed by atoms with Crippen LogP contribution in [0.25, 0.3) is 12.2 Å². The summed E-state index contributed by atoms with van der Waals surface area (Å²) >= 11 is 5.86. The normalized spacial score (nSPS) is 11.1. The van der Waals surface area contributed by atoms with Crippen molar-refractivity contribution in [2.45, 2.75) is 6.54 Å². The molecule has 3 aromatic rings. The van der Waals surface area contributed by atoms with E-state index in [0.717, 1.165) is 16.3 Å². The Balaban J connectivity index is 1.75. The number of nitrogens with zero attached hydrogens (tertiary/aromatic N) is 5. The second-order valence-corrected chi connectivity index (χ2v) is 4.81. The van der Waals surface area contributed by atoms with E-state index in [2.05, 4.69) is 20.1 Å². The Morgan fingerprint density at radius 1 is 1.10 bits per heavy atom. The van der Waals surface area contributed by atoms with Crippen molar-refractivity contribution in [1.82, 2.24) is 24.7 Å². The van der Waals surface area contributed by atoms with Crippen LogP contribution in [0.4, 0.5) is 0 Å². The quantitative estimate of drug-likeness (QED) is 0.743. The van der Waals surface area contributed by atoms with Gasteiger partial charge in [-0.1, -0.05) is 29.8 Å². The average Bonchev–Trinajstić information content (AvgIpc) is 3.00. The largest absolute Gasteiger partial charge is 0.245 e. The summed E-state index contributed by atoms with van der Waals surface area (Å²) in [6.45, 7) is 0.503. The van der Waals surface area contributed by atoms with E-state index in [1.807, 2.05) is 42.5 Å². The van der Waals surface area contributed by atoms with Crippen LogP contribution in [0, 0.1) is 0 Å². The molecule has 3 rings (SSSR count). The van der Waals surface area contributed by atoms with Crippen LogP contribution >= 0.6 is 11.6 Å². The van der Waals surface area contributed by atoms with Crippen molar-refractivity contribution in [2.24, 2.45) is 0 Å². The molecule has 0 radical (unpaired) electrons. The topological polar surface area (TPSA) is 56.5 Å². The Hall–Kier alpha value is -2.53. The highest BCUT2D eigenvalue weighted by Gasteiger charge is 1.99. The Kier molecular flexibility index (Phi) is 4.02. The van der Waals surface area contributed by atoms with E-state index in [9.17, 15) is 0 Å². The second kappa shape index (κ2) is 6.28. The molecule has 0 atom stereocenters. The zero-order valence-electron chi connectivity index (χ0n) is 11.1. The molecule has 0 bridgehead atoms. The van der Waals surface area contributed by atoms with Crippen molar-refractivity contribution < 1.29 is 0 Å². The van der Waals surface area contributed by atoms with E-state index in [1.54, 1.807) is 17.2 Å². The van der Waals surface area contributed by atoms with Crippen LogP contribution in [0.5, 0.6) is 0 Å². The smallest absolute Gasteiger partial charge is 0.150 e. The first-order valence-corrected chi connectivity index (χ1v) is 6.75. The maximum absolute atomic E-state index is 5.86. The van der Waals surface area contributed by atoms with Gasteiger partial charge in [0.2, 0.25) is 0 Å². The summed E-state index contributed by atoms with van der Waals surface area (Å²) in [6, 6.07) is 9.48. The molecule has 0 N–H and O–H groups in total. The standard InChI is InChI=1S/C15H12ClN5/c16-13-4-1-12(2-5-13)3-6-14-7-8-18-15(20-14)9-21-11-17-10-19-21/h1-8,10-11H,9H2. The lowest BCUT2D eigenvalue weighted by molar-refractivity contribution is 0.652. The van der Waals surface area contributed by atoms with E-state index in [-0.39, 0.29) is 0 Å². The highest BCUT2D eigenvalue weighted by atomic mass is 35.5. The lowest BCUT2D eigenvalue weighted by Crippen LogP contribution is -2.05. The molecule has 0 saturated carbocycles. The summed E-state index contributed by atoms with van der Waals surface area (Å²) in [7, 11) is 0. The van der Waals surface area contributed by atoms with Crippen LogP contribution in [-0.4, -0.2) is 24.7 Å². The molecule has 0 aliphatic rings. The van der Waals surface area contributed by atoms with Crippen molar-refractivity contribution in [1.29, 1.82) is 0 Å². The fourth-order valence-electron chi connectivity index (χ4n) is 1.80. The van der Waals surface area contributed by atoms with Gasteiger partial charge in [-0.3, -0.25) is 0 Å². The summed E-state index contributed by atoms with van der Waals surface area (Å²) in [5.41, 5.74) is 1.91. The summed E-state index contributed by atoms with van der Waals surface area (Å²) in [6.07, 6.45) is 8.79. The third-order valence-electron chi connectivity index (χ3n) is 2.81. The molecule has 1 aromatic carbocycles. The minimum Gasteiger partial charge on any atom is -0.245 e. The van der Waals surface area contributed by atoms with E-state index in [1.165, 1.54) is 6.33 Å². The van der Waals surface area contributed by atoms with Gasteiger partial charge in [-0.2, -0.15) is 5.10 Å². The highest BCUT2D eigenvalue weighted by Crippen LogP contribution is 2.12. The van der Waals surface area contributed by atoms with Gasteiger partial charge in [0.1, 0.15) is 25.0 Å². The number of rotatable bonds is 4. The number of benzene rings is 1. The van der Waals surface area contributed by atoms with Crippen molar-refractivity contribution in [3.63, 3.8) is 0 Å². The van der Waals surface area contributed by atoms with Crippen LogP contribution in [0.3, 0.4) is 0 Å². The van der Waals surface area contributed by atoms with E-state index >= 15 is 0 Å². The first kappa shape index (κ1) is 13.5. The fourth-order valence-corrected chi connectivity index (χ4v) is 1.92. The van der Waals surface area contributed by atoms with Crippen molar-refractivity contribution in [3.8, 4) is 0 Å². The average molecular weight is 298 g/mol. The van der Waals surface area contributed by atoms with E-state index in [4.69, 9.17) is 11.6 Å². The molecule has 5 nitrogen and oxygen atoms in total. The predicted molar refractivity (Wildman–Crippen MR) is 81.5 cm³/mol. The van der Waals surface area contributed by atoms with Gasteiger partial charge in [0, 0.05) is 11.2 Å². The van der Waals surface area contributed by atoms with Crippen LogP contribution < -0.4 is 0 Å². The number of halogens is 1. The fraction of sp³-hybridized carbons (Fsp3) is 0.0667. The molecule has 0 aliphatic carbocycles. The number of aromatic nitrogens is 5. The van der Waals surface area contributed by atoms with Gasteiger partial charge in [0.15, 0.2) is 0 Å². The Morgan fingerprint density at radius 2 is 1.95 bits per heavy atom. The van der Waals surface area contributed by atoms with Gasteiger partial charge in [0.25, 0.3) is 0 Å². The molecule has 0 saturated heterocycles. The van der Waals surface area contributed by atoms with Crippen LogP contribution in [-0.2, 0) is 6.54 Å². The van der Waals surface area contributed by atoms with Gasteiger partial charge in [-0.05, 0) is 29.8 Å². The minimum absolute atomic E-state index is 0.503. The Bertz CT molecular complexity index is 735. The van der Waals surface area contributed by atoms with Crippen LogP contribution in [0.1, 0.15) is 17.1 Å². The summed E-state index contributed by atoms with van der Waals surface area (Å²) in [5.74, 6) is 0.693. The molecule has 21 heavy (non-hydrogen) atoms. The van der Waals surface area contributed by atoms with Crippen molar-refractivity contribution in [3.05, 3.63) is 71.3 Å². The van der Waals surface area contributed by atoms with Gasteiger partial charge >= 0.3 is 0 Å². The SMILES string of the molecule is Clc1ccc(C=Cc2ccnc(Cn3cncn3)n2)cc1. The van der Waals surface area contributed by atoms with Crippen molar-refractivity contribution >= 4 is 23.8 Å². The molecule has 0 unspecified atom stereocenters. The molecule has 6 heteroatoms. The predicted octanol–water partition coefficient (Wildman–Crippen LogP) is 2.94. The molecular formula is C15H12ClN5. The van der Waals surface area contributed by atoms with Crippen LogP contribution in [0.15, 0.2) is 49.2 Å². The zero-order chi connectivity index (χ0) is 14.5. The number of hydrogen-bond donors (Lipinski definition) is 0. The monoisotopic (exact) mass is 297 g/mol. The first-order valence-electron chi connectivity index (χ1n) is 6.37. The third-order valence-corrected chi connectivity index (χ3v) is 3.07. The number of hydrogen-bond acceptors (Lipinski definition) is 4. The van der Waals surface area contributed by atoms with Gasteiger partial charge < -0.3 is 0 Å². The molecule has 2 aromatic heterocycles.